The van der Waals surface area contributed by atoms with Crippen LogP contribution < -0.4 is 0 Å². The summed E-state index contributed by atoms with van der Waals surface area (Å²) in [7, 11) is -0.818. The van der Waals surface area contributed by atoms with Crippen molar-refractivity contribution in [1.29, 1.82) is 0 Å². The molecule has 0 radical (unpaired) electrons. The highest BCUT2D eigenvalue weighted by atomic mass is 32.2. The predicted molar refractivity (Wildman–Crippen MR) is 56.0 cm³/mol. The Morgan fingerprint density at radius 2 is 2.15 bits per heavy atom. The third-order valence-corrected chi connectivity index (χ3v) is 3.85. The Hall–Kier alpha value is -0.150. The van der Waals surface area contributed by atoms with Crippen LogP contribution in [0.4, 0.5) is 0 Å². The first-order chi connectivity index (χ1) is 5.95. The average Bonchev–Trinajstić information content (AvgIpc) is 2.02. The van der Waals surface area contributed by atoms with Gasteiger partial charge >= 0.3 is 0 Å². The van der Waals surface area contributed by atoms with Gasteiger partial charge in [0.1, 0.15) is 0 Å². The molecule has 0 amide bonds. The highest BCUT2D eigenvalue weighted by Gasteiger charge is 2.31. The zero-order chi connectivity index (χ0) is 10.1. The van der Waals surface area contributed by atoms with Gasteiger partial charge < -0.3 is 4.74 Å². The van der Waals surface area contributed by atoms with Crippen molar-refractivity contribution in [3.63, 3.8) is 0 Å². The summed E-state index contributed by atoms with van der Waals surface area (Å²) in [5, 5.41) is 0. The second kappa shape index (κ2) is 3.93. The van der Waals surface area contributed by atoms with Crippen LogP contribution in [0.1, 0.15) is 27.7 Å². The van der Waals surface area contributed by atoms with Gasteiger partial charge in [0.2, 0.25) is 0 Å². The normalized spacial score (nSPS) is 33.7. The largest absolute Gasteiger partial charge is 0.371 e. The zero-order valence-electron chi connectivity index (χ0n) is 8.79. The van der Waals surface area contributed by atoms with Gasteiger partial charge in [-0.2, -0.15) is 0 Å². The van der Waals surface area contributed by atoms with Crippen molar-refractivity contribution in [2.24, 2.45) is 5.41 Å². The number of allylic oxidation sites excluding steroid dienone is 1. The van der Waals surface area contributed by atoms with E-state index in [0.717, 1.165) is 4.91 Å². The van der Waals surface area contributed by atoms with Gasteiger partial charge in [-0.15, -0.1) is 0 Å². The van der Waals surface area contributed by atoms with Crippen LogP contribution in [-0.2, 0) is 15.5 Å². The molecule has 0 aromatic rings. The van der Waals surface area contributed by atoms with Gasteiger partial charge in [-0.3, -0.25) is 4.21 Å². The van der Waals surface area contributed by atoms with E-state index >= 15 is 0 Å². The smallest absolute Gasteiger partial charge is 0.0801 e. The minimum absolute atomic E-state index is 0.0922. The third-order valence-electron chi connectivity index (χ3n) is 2.31. The highest BCUT2D eigenvalue weighted by molar-refractivity contribution is 7.89. The zero-order valence-corrected chi connectivity index (χ0v) is 9.61. The van der Waals surface area contributed by atoms with Crippen molar-refractivity contribution in [3.8, 4) is 0 Å². The van der Waals surface area contributed by atoms with Gasteiger partial charge in [0.05, 0.1) is 29.3 Å². The van der Waals surface area contributed by atoms with Gasteiger partial charge in [-0.1, -0.05) is 26.8 Å². The van der Waals surface area contributed by atoms with Crippen molar-refractivity contribution in [2.75, 3.05) is 12.4 Å². The van der Waals surface area contributed by atoms with Gasteiger partial charge in [0.25, 0.3) is 0 Å². The summed E-state index contributed by atoms with van der Waals surface area (Å²) < 4.78 is 17.3. The molecule has 2 atom stereocenters. The SMILES string of the molecule is C/C=C1\CO[C@H](C(C)(C)C)C[S@@]1=O. The minimum atomic E-state index is -0.818. The topological polar surface area (TPSA) is 26.3 Å². The van der Waals surface area contributed by atoms with Crippen molar-refractivity contribution in [1.82, 2.24) is 0 Å². The molecule has 13 heavy (non-hydrogen) atoms. The predicted octanol–water partition coefficient (Wildman–Crippen LogP) is 2.08. The molecule has 0 aromatic heterocycles. The molecule has 0 bridgehead atoms. The summed E-state index contributed by atoms with van der Waals surface area (Å²) in [5.41, 5.74) is 0.0922. The van der Waals surface area contributed by atoms with E-state index < -0.39 is 10.8 Å². The first-order valence-electron chi connectivity index (χ1n) is 4.60. The molecule has 2 nitrogen and oxygen atoms in total. The fourth-order valence-electron chi connectivity index (χ4n) is 1.26. The maximum Gasteiger partial charge on any atom is 0.0801 e. The molecule has 0 N–H and O–H groups in total. The van der Waals surface area contributed by atoms with Crippen LogP contribution in [0.2, 0.25) is 0 Å². The van der Waals surface area contributed by atoms with E-state index in [1.54, 1.807) is 0 Å². The second-order valence-electron chi connectivity index (χ2n) is 4.43. The quantitative estimate of drug-likeness (QED) is 0.601. The molecule has 0 saturated carbocycles. The molecule has 1 heterocycles. The van der Waals surface area contributed by atoms with Crippen LogP contribution in [0.5, 0.6) is 0 Å². The molecule has 1 saturated heterocycles. The Labute approximate surface area is 82.8 Å². The van der Waals surface area contributed by atoms with E-state index in [1.165, 1.54) is 0 Å². The second-order valence-corrected chi connectivity index (χ2v) is 5.98. The molecule has 1 aliphatic heterocycles. The maximum atomic E-state index is 11.6. The average molecular weight is 202 g/mol. The lowest BCUT2D eigenvalue weighted by molar-refractivity contribution is 0.00772. The first-order valence-corrected chi connectivity index (χ1v) is 5.92. The van der Waals surface area contributed by atoms with Gasteiger partial charge in [0, 0.05) is 4.91 Å². The molecular weight excluding hydrogens is 184 g/mol. The molecule has 0 spiro atoms. The molecule has 0 aliphatic carbocycles. The Bertz CT molecular complexity index is 238. The van der Waals surface area contributed by atoms with E-state index in [2.05, 4.69) is 20.8 Å². The number of rotatable bonds is 0. The van der Waals surface area contributed by atoms with Gasteiger partial charge in [0.15, 0.2) is 0 Å². The maximum absolute atomic E-state index is 11.6. The third kappa shape index (κ3) is 2.64. The summed E-state index contributed by atoms with van der Waals surface area (Å²) in [6, 6.07) is 0. The van der Waals surface area contributed by atoms with E-state index in [-0.39, 0.29) is 11.5 Å². The van der Waals surface area contributed by atoms with Crippen molar-refractivity contribution in [2.45, 2.75) is 33.8 Å². The summed E-state index contributed by atoms with van der Waals surface area (Å²) >= 11 is 0. The van der Waals surface area contributed by atoms with Crippen LogP contribution in [0, 0.1) is 5.41 Å². The van der Waals surface area contributed by atoms with Crippen LogP contribution in [0.15, 0.2) is 11.0 Å². The molecule has 0 unspecified atom stereocenters. The van der Waals surface area contributed by atoms with E-state index in [9.17, 15) is 4.21 Å². The van der Waals surface area contributed by atoms with Crippen molar-refractivity contribution >= 4 is 10.8 Å². The van der Waals surface area contributed by atoms with Crippen LogP contribution in [0.25, 0.3) is 0 Å². The standard InChI is InChI=1S/C10H18O2S/c1-5-8-6-12-9(7-13(8)11)10(2,3)4/h5,9H,6-7H2,1-4H3/b8-5+/t9-,13-/m0/s1. The Morgan fingerprint density at radius 1 is 1.54 bits per heavy atom. The molecular formula is C10H18O2S. The van der Waals surface area contributed by atoms with Crippen molar-refractivity contribution < 1.29 is 8.95 Å². The molecule has 1 aliphatic rings. The Morgan fingerprint density at radius 3 is 2.54 bits per heavy atom. The minimum Gasteiger partial charge on any atom is -0.371 e. The van der Waals surface area contributed by atoms with E-state index in [0.29, 0.717) is 12.4 Å². The molecule has 0 aromatic carbocycles. The number of hydrogen-bond acceptors (Lipinski definition) is 2. The molecule has 1 fully saturated rings. The molecule has 1 rings (SSSR count). The Balaban J connectivity index is 2.67. The van der Waals surface area contributed by atoms with E-state index in [4.69, 9.17) is 4.74 Å². The molecule has 76 valence electrons. The highest BCUT2D eigenvalue weighted by Crippen LogP contribution is 2.27. The number of ether oxygens (including phenoxy) is 1. The van der Waals surface area contributed by atoms with Crippen molar-refractivity contribution in [3.05, 3.63) is 11.0 Å². The summed E-state index contributed by atoms with van der Waals surface area (Å²) in [5.74, 6) is 0.642. The summed E-state index contributed by atoms with van der Waals surface area (Å²) in [6.07, 6.45) is 2.02. The fourth-order valence-corrected chi connectivity index (χ4v) is 2.80. The number of hydrogen-bond donors (Lipinski definition) is 0. The van der Waals surface area contributed by atoms with Crippen LogP contribution >= 0.6 is 0 Å². The monoisotopic (exact) mass is 202 g/mol. The van der Waals surface area contributed by atoms with Crippen LogP contribution in [-0.4, -0.2) is 22.7 Å². The summed E-state index contributed by atoms with van der Waals surface area (Å²) in [6.45, 7) is 8.81. The summed E-state index contributed by atoms with van der Waals surface area (Å²) in [4.78, 5) is 0.931. The first kappa shape index (κ1) is 10.9. The Kier molecular flexibility index (Phi) is 3.30. The lowest BCUT2D eigenvalue weighted by Gasteiger charge is -2.34. The van der Waals surface area contributed by atoms with Gasteiger partial charge in [-0.25, -0.2) is 0 Å². The van der Waals surface area contributed by atoms with Gasteiger partial charge in [-0.05, 0) is 12.3 Å². The molecule has 3 heteroatoms. The van der Waals surface area contributed by atoms with E-state index in [1.807, 2.05) is 13.0 Å². The lowest BCUT2D eigenvalue weighted by atomic mass is 9.90. The fraction of sp³-hybridized carbons (Fsp3) is 0.800. The van der Waals surface area contributed by atoms with Crippen LogP contribution in [0.3, 0.4) is 0 Å². The lowest BCUT2D eigenvalue weighted by Crippen LogP contribution is -2.39.